The molecule has 0 bridgehead atoms. The predicted molar refractivity (Wildman–Crippen MR) is 50.7 cm³/mol. The van der Waals surface area contributed by atoms with E-state index in [1.165, 1.54) is 0 Å². The summed E-state index contributed by atoms with van der Waals surface area (Å²) in [5.74, 6) is 0.535. The maximum absolute atomic E-state index is 5.22. The third-order valence-electron chi connectivity index (χ3n) is 1.62. The van der Waals surface area contributed by atoms with Crippen molar-refractivity contribution in [1.82, 2.24) is 9.97 Å². The summed E-state index contributed by atoms with van der Waals surface area (Å²) in [5, 5.41) is 0. The lowest BCUT2D eigenvalue weighted by Crippen LogP contribution is -2.07. The number of aromatic nitrogens is 2. The van der Waals surface area contributed by atoms with Crippen molar-refractivity contribution in [2.75, 3.05) is 27.4 Å². The molecule has 5 heteroatoms. The number of aryl methyl sites for hydroxylation is 1. The van der Waals surface area contributed by atoms with Crippen LogP contribution in [-0.2, 0) is 4.74 Å². The van der Waals surface area contributed by atoms with Crippen LogP contribution in [0.4, 0.5) is 0 Å². The quantitative estimate of drug-likeness (QED) is 0.655. The third-order valence-corrected chi connectivity index (χ3v) is 1.62. The highest BCUT2D eigenvalue weighted by Crippen LogP contribution is 2.15. The number of rotatable bonds is 5. The van der Waals surface area contributed by atoms with Crippen molar-refractivity contribution in [3.8, 4) is 11.9 Å². The first-order chi connectivity index (χ1) is 6.77. The zero-order valence-electron chi connectivity index (χ0n) is 8.61. The second-order valence-corrected chi connectivity index (χ2v) is 2.69. The number of ether oxygens (including phenoxy) is 3. The minimum absolute atomic E-state index is 0.310. The summed E-state index contributed by atoms with van der Waals surface area (Å²) in [7, 11) is 3.17. The van der Waals surface area contributed by atoms with Crippen LogP contribution >= 0.6 is 0 Å². The molecular weight excluding hydrogens is 184 g/mol. The van der Waals surface area contributed by atoms with Crippen LogP contribution < -0.4 is 9.47 Å². The topological polar surface area (TPSA) is 53.5 Å². The molecule has 1 heterocycles. The van der Waals surface area contributed by atoms with E-state index < -0.39 is 0 Å². The molecule has 0 aliphatic heterocycles. The number of hydrogen-bond acceptors (Lipinski definition) is 5. The molecule has 14 heavy (non-hydrogen) atoms. The molecule has 5 nitrogen and oxygen atoms in total. The lowest BCUT2D eigenvalue weighted by Gasteiger charge is -2.06. The zero-order chi connectivity index (χ0) is 10.4. The Hall–Kier alpha value is -1.36. The Kier molecular flexibility index (Phi) is 4.12. The van der Waals surface area contributed by atoms with E-state index in [9.17, 15) is 0 Å². The Balaban J connectivity index is 2.60. The van der Waals surface area contributed by atoms with Crippen LogP contribution in [0.15, 0.2) is 6.20 Å². The Morgan fingerprint density at radius 3 is 2.71 bits per heavy atom. The Labute approximate surface area is 83.0 Å². The van der Waals surface area contributed by atoms with Gasteiger partial charge in [0.2, 0.25) is 5.88 Å². The highest BCUT2D eigenvalue weighted by atomic mass is 16.5. The molecule has 0 radical (unpaired) electrons. The smallest absolute Gasteiger partial charge is 0.319 e. The fourth-order valence-corrected chi connectivity index (χ4v) is 0.904. The first-order valence-electron chi connectivity index (χ1n) is 4.27. The van der Waals surface area contributed by atoms with E-state index in [-0.39, 0.29) is 0 Å². The SMILES string of the molecule is COCCOc1ncc(C)c(OC)n1. The summed E-state index contributed by atoms with van der Waals surface area (Å²) in [6.45, 7) is 2.82. The summed E-state index contributed by atoms with van der Waals surface area (Å²) in [5.41, 5.74) is 0.881. The molecule has 78 valence electrons. The van der Waals surface area contributed by atoms with Gasteiger partial charge < -0.3 is 14.2 Å². The van der Waals surface area contributed by atoms with Gasteiger partial charge in [0.1, 0.15) is 6.61 Å². The molecule has 0 aliphatic rings. The van der Waals surface area contributed by atoms with Crippen LogP contribution in [0, 0.1) is 6.92 Å². The molecule has 0 aromatic carbocycles. The molecule has 1 rings (SSSR count). The van der Waals surface area contributed by atoms with Gasteiger partial charge in [-0.15, -0.1) is 0 Å². The Morgan fingerprint density at radius 1 is 1.29 bits per heavy atom. The van der Waals surface area contributed by atoms with E-state index in [1.54, 1.807) is 20.4 Å². The van der Waals surface area contributed by atoms with Crippen molar-refractivity contribution < 1.29 is 14.2 Å². The average Bonchev–Trinajstić information content (AvgIpc) is 2.21. The second-order valence-electron chi connectivity index (χ2n) is 2.69. The molecule has 0 unspecified atom stereocenters. The lowest BCUT2D eigenvalue weighted by molar-refractivity contribution is 0.140. The van der Waals surface area contributed by atoms with Crippen molar-refractivity contribution in [3.05, 3.63) is 11.8 Å². The monoisotopic (exact) mass is 198 g/mol. The van der Waals surface area contributed by atoms with Gasteiger partial charge >= 0.3 is 6.01 Å². The van der Waals surface area contributed by atoms with Crippen molar-refractivity contribution in [2.45, 2.75) is 6.92 Å². The number of hydrogen-bond donors (Lipinski definition) is 0. The Bertz CT molecular complexity index is 291. The van der Waals surface area contributed by atoms with E-state index in [0.29, 0.717) is 25.1 Å². The largest absolute Gasteiger partial charge is 0.481 e. The van der Waals surface area contributed by atoms with Gasteiger partial charge in [0.05, 0.1) is 13.7 Å². The molecule has 0 aliphatic carbocycles. The van der Waals surface area contributed by atoms with E-state index in [4.69, 9.17) is 14.2 Å². The fourth-order valence-electron chi connectivity index (χ4n) is 0.904. The van der Waals surface area contributed by atoms with Gasteiger partial charge in [-0.25, -0.2) is 4.98 Å². The summed E-state index contributed by atoms with van der Waals surface area (Å²) in [4.78, 5) is 8.04. The number of methoxy groups -OCH3 is 2. The van der Waals surface area contributed by atoms with Crippen molar-refractivity contribution >= 4 is 0 Å². The molecular formula is C9H14N2O3. The molecule has 0 atom stereocenters. The molecule has 0 amide bonds. The lowest BCUT2D eigenvalue weighted by atomic mass is 10.4. The second kappa shape index (κ2) is 5.39. The summed E-state index contributed by atoms with van der Waals surface area (Å²) in [6, 6.07) is 0.310. The van der Waals surface area contributed by atoms with Crippen LogP contribution in [0.2, 0.25) is 0 Å². The van der Waals surface area contributed by atoms with E-state index >= 15 is 0 Å². The predicted octanol–water partition coefficient (Wildman–Crippen LogP) is 0.819. The summed E-state index contributed by atoms with van der Waals surface area (Å²) in [6.07, 6.45) is 1.66. The zero-order valence-corrected chi connectivity index (χ0v) is 8.61. The van der Waals surface area contributed by atoms with Crippen molar-refractivity contribution in [1.29, 1.82) is 0 Å². The molecule has 0 fully saturated rings. The van der Waals surface area contributed by atoms with Gasteiger partial charge in [0, 0.05) is 18.9 Å². The molecule has 1 aromatic rings. The van der Waals surface area contributed by atoms with Crippen LogP contribution in [0.1, 0.15) is 5.56 Å². The van der Waals surface area contributed by atoms with E-state index in [2.05, 4.69) is 9.97 Å². The average molecular weight is 198 g/mol. The number of nitrogens with zero attached hydrogens (tertiary/aromatic N) is 2. The highest BCUT2D eigenvalue weighted by Gasteiger charge is 2.03. The van der Waals surface area contributed by atoms with Gasteiger partial charge in [-0.3, -0.25) is 0 Å². The van der Waals surface area contributed by atoms with Crippen LogP contribution in [0.5, 0.6) is 11.9 Å². The normalized spacial score (nSPS) is 9.93. The third kappa shape index (κ3) is 2.85. The summed E-state index contributed by atoms with van der Waals surface area (Å²) < 4.78 is 15.1. The molecule has 1 aromatic heterocycles. The first kappa shape index (κ1) is 10.7. The molecule has 0 N–H and O–H groups in total. The van der Waals surface area contributed by atoms with Crippen molar-refractivity contribution in [3.63, 3.8) is 0 Å². The van der Waals surface area contributed by atoms with E-state index in [1.807, 2.05) is 6.92 Å². The fraction of sp³-hybridized carbons (Fsp3) is 0.556. The van der Waals surface area contributed by atoms with Gasteiger partial charge in [0.15, 0.2) is 0 Å². The Morgan fingerprint density at radius 2 is 2.07 bits per heavy atom. The van der Waals surface area contributed by atoms with Gasteiger partial charge in [0.25, 0.3) is 0 Å². The van der Waals surface area contributed by atoms with Gasteiger partial charge in [-0.2, -0.15) is 4.98 Å². The highest BCUT2D eigenvalue weighted by molar-refractivity contribution is 5.22. The van der Waals surface area contributed by atoms with Crippen LogP contribution in [-0.4, -0.2) is 37.4 Å². The standard InChI is InChI=1S/C9H14N2O3/c1-7-6-10-9(11-8(7)13-3)14-5-4-12-2/h6H,4-5H2,1-3H3. The van der Waals surface area contributed by atoms with Crippen LogP contribution in [0.25, 0.3) is 0 Å². The molecule has 0 spiro atoms. The maximum atomic E-state index is 5.22. The van der Waals surface area contributed by atoms with Gasteiger partial charge in [-0.1, -0.05) is 0 Å². The van der Waals surface area contributed by atoms with E-state index in [0.717, 1.165) is 5.56 Å². The van der Waals surface area contributed by atoms with Gasteiger partial charge in [-0.05, 0) is 6.92 Å². The van der Waals surface area contributed by atoms with Crippen LogP contribution in [0.3, 0.4) is 0 Å². The van der Waals surface area contributed by atoms with Crippen molar-refractivity contribution in [2.24, 2.45) is 0 Å². The first-order valence-corrected chi connectivity index (χ1v) is 4.27. The molecule has 0 saturated heterocycles. The summed E-state index contributed by atoms with van der Waals surface area (Å²) >= 11 is 0. The minimum atomic E-state index is 0.310. The maximum Gasteiger partial charge on any atom is 0.319 e. The minimum Gasteiger partial charge on any atom is -0.481 e. The molecule has 0 saturated carbocycles.